The Labute approximate surface area is 167 Å². The zero-order valence-corrected chi connectivity index (χ0v) is 16.0. The first-order chi connectivity index (χ1) is 13.9. The van der Waals surface area contributed by atoms with E-state index >= 15 is 0 Å². The number of fused-ring (bicyclic) bond motifs is 1. The second-order valence-corrected chi connectivity index (χ2v) is 7.34. The van der Waals surface area contributed by atoms with Crippen molar-refractivity contribution in [1.29, 1.82) is 0 Å². The summed E-state index contributed by atoms with van der Waals surface area (Å²) in [4.78, 5) is 0. The Morgan fingerprint density at radius 3 is 2.52 bits per heavy atom. The SMILES string of the molecule is CC1COCc2cc(OCc3cccc(-c4ccc(C(F)(F)F)cc4)c3)ccc21. The maximum absolute atomic E-state index is 12.8. The van der Waals surface area contributed by atoms with E-state index in [1.54, 1.807) is 0 Å². The van der Waals surface area contributed by atoms with E-state index < -0.39 is 11.7 Å². The summed E-state index contributed by atoms with van der Waals surface area (Å²) < 4.78 is 49.8. The van der Waals surface area contributed by atoms with Crippen molar-refractivity contribution in [1.82, 2.24) is 0 Å². The molecule has 5 heteroatoms. The smallest absolute Gasteiger partial charge is 0.416 e. The van der Waals surface area contributed by atoms with Crippen LogP contribution in [0.4, 0.5) is 13.2 Å². The Hall–Kier alpha value is -2.79. The van der Waals surface area contributed by atoms with Crippen LogP contribution in [0.15, 0.2) is 66.7 Å². The molecule has 3 aromatic carbocycles. The van der Waals surface area contributed by atoms with Gasteiger partial charge in [-0.2, -0.15) is 13.2 Å². The molecule has 4 rings (SSSR count). The topological polar surface area (TPSA) is 18.5 Å². The summed E-state index contributed by atoms with van der Waals surface area (Å²) in [5.41, 5.74) is 4.34. The van der Waals surface area contributed by atoms with Gasteiger partial charge < -0.3 is 9.47 Å². The van der Waals surface area contributed by atoms with Gasteiger partial charge in [-0.05, 0) is 58.1 Å². The molecule has 0 saturated heterocycles. The zero-order valence-electron chi connectivity index (χ0n) is 16.0. The van der Waals surface area contributed by atoms with E-state index in [2.05, 4.69) is 13.0 Å². The number of hydrogen-bond acceptors (Lipinski definition) is 2. The Morgan fingerprint density at radius 1 is 0.966 bits per heavy atom. The third-order valence-electron chi connectivity index (χ3n) is 5.15. The van der Waals surface area contributed by atoms with Crippen molar-refractivity contribution in [3.8, 4) is 16.9 Å². The molecule has 29 heavy (non-hydrogen) atoms. The minimum atomic E-state index is -4.33. The van der Waals surface area contributed by atoms with Gasteiger partial charge in [-0.15, -0.1) is 0 Å². The molecular formula is C24H21F3O2. The number of rotatable bonds is 4. The average Bonchev–Trinajstić information content (AvgIpc) is 2.72. The minimum absolute atomic E-state index is 0.379. The van der Waals surface area contributed by atoms with E-state index in [0.717, 1.165) is 46.7 Å². The molecule has 0 N–H and O–H groups in total. The zero-order chi connectivity index (χ0) is 20.4. The number of halogens is 3. The first-order valence-electron chi connectivity index (χ1n) is 9.50. The first kappa shape index (κ1) is 19.5. The second kappa shape index (κ2) is 7.91. The molecule has 1 aliphatic rings. The lowest BCUT2D eigenvalue weighted by Crippen LogP contribution is -2.14. The fraction of sp³-hybridized carbons (Fsp3) is 0.250. The number of alkyl halides is 3. The number of benzene rings is 3. The lowest BCUT2D eigenvalue weighted by atomic mass is 9.94. The summed E-state index contributed by atoms with van der Waals surface area (Å²) in [5, 5.41) is 0. The molecule has 1 heterocycles. The fourth-order valence-corrected chi connectivity index (χ4v) is 3.57. The standard InChI is InChI=1S/C24H21F3O2/c1-16-13-28-15-20-12-22(9-10-23(16)20)29-14-17-3-2-4-19(11-17)18-5-7-21(8-6-18)24(25,26)27/h2-12,16H,13-15H2,1H3. The lowest BCUT2D eigenvalue weighted by molar-refractivity contribution is -0.137. The van der Waals surface area contributed by atoms with Gasteiger partial charge in [0.05, 0.1) is 18.8 Å². The van der Waals surface area contributed by atoms with Crippen LogP contribution in [0.5, 0.6) is 5.75 Å². The van der Waals surface area contributed by atoms with E-state index in [4.69, 9.17) is 9.47 Å². The molecule has 0 aromatic heterocycles. The first-order valence-corrected chi connectivity index (χ1v) is 9.50. The molecule has 0 amide bonds. The quantitative estimate of drug-likeness (QED) is 0.494. The van der Waals surface area contributed by atoms with Gasteiger partial charge in [-0.25, -0.2) is 0 Å². The van der Waals surface area contributed by atoms with E-state index in [9.17, 15) is 13.2 Å². The fourth-order valence-electron chi connectivity index (χ4n) is 3.57. The van der Waals surface area contributed by atoms with Gasteiger partial charge in [-0.1, -0.05) is 43.3 Å². The predicted molar refractivity (Wildman–Crippen MR) is 106 cm³/mol. The van der Waals surface area contributed by atoms with Crippen LogP contribution in [0.3, 0.4) is 0 Å². The minimum Gasteiger partial charge on any atom is -0.489 e. The molecule has 0 aliphatic carbocycles. The molecule has 0 fully saturated rings. The van der Waals surface area contributed by atoms with Crippen molar-refractivity contribution < 1.29 is 22.6 Å². The molecule has 0 saturated carbocycles. The summed E-state index contributed by atoms with van der Waals surface area (Å²) in [5.74, 6) is 1.16. The molecule has 0 spiro atoms. The summed E-state index contributed by atoms with van der Waals surface area (Å²) in [6.07, 6.45) is -4.33. The predicted octanol–water partition coefficient (Wildman–Crippen LogP) is 6.59. The van der Waals surface area contributed by atoms with Crippen molar-refractivity contribution in [3.63, 3.8) is 0 Å². The van der Waals surface area contributed by atoms with Crippen LogP contribution in [0.1, 0.15) is 35.1 Å². The Kier molecular flexibility index (Phi) is 5.33. The van der Waals surface area contributed by atoms with Crippen LogP contribution < -0.4 is 4.74 Å². The van der Waals surface area contributed by atoms with Crippen LogP contribution in [-0.2, 0) is 24.1 Å². The molecule has 3 aromatic rings. The molecule has 0 radical (unpaired) electrons. The van der Waals surface area contributed by atoms with Crippen LogP contribution in [0.25, 0.3) is 11.1 Å². The third-order valence-corrected chi connectivity index (χ3v) is 5.15. The van der Waals surface area contributed by atoms with Gasteiger partial charge in [0, 0.05) is 5.92 Å². The van der Waals surface area contributed by atoms with Gasteiger partial charge in [-0.3, -0.25) is 0 Å². The maximum Gasteiger partial charge on any atom is 0.416 e. The monoisotopic (exact) mass is 398 g/mol. The van der Waals surface area contributed by atoms with Crippen molar-refractivity contribution >= 4 is 0 Å². The van der Waals surface area contributed by atoms with Crippen molar-refractivity contribution in [2.24, 2.45) is 0 Å². The molecular weight excluding hydrogens is 377 g/mol. The molecule has 1 aliphatic heterocycles. The highest BCUT2D eigenvalue weighted by atomic mass is 19.4. The normalized spacial score (nSPS) is 16.3. The van der Waals surface area contributed by atoms with Crippen LogP contribution in [0, 0.1) is 0 Å². The molecule has 0 bridgehead atoms. The number of ether oxygens (including phenoxy) is 2. The summed E-state index contributed by atoms with van der Waals surface area (Å²) >= 11 is 0. The Bertz CT molecular complexity index is 994. The average molecular weight is 398 g/mol. The van der Waals surface area contributed by atoms with Gasteiger partial charge in [0.2, 0.25) is 0 Å². The molecule has 150 valence electrons. The van der Waals surface area contributed by atoms with Crippen molar-refractivity contribution in [2.75, 3.05) is 6.61 Å². The van der Waals surface area contributed by atoms with Crippen molar-refractivity contribution in [2.45, 2.75) is 32.2 Å². The van der Waals surface area contributed by atoms with E-state index in [1.807, 2.05) is 36.4 Å². The van der Waals surface area contributed by atoms with Gasteiger partial charge in [0.15, 0.2) is 0 Å². The number of hydrogen-bond donors (Lipinski definition) is 0. The van der Waals surface area contributed by atoms with Crippen LogP contribution in [0.2, 0.25) is 0 Å². The lowest BCUT2D eigenvalue weighted by Gasteiger charge is -2.23. The molecule has 2 nitrogen and oxygen atoms in total. The Balaban J connectivity index is 1.47. The van der Waals surface area contributed by atoms with Crippen LogP contribution >= 0.6 is 0 Å². The van der Waals surface area contributed by atoms with Crippen LogP contribution in [-0.4, -0.2) is 6.61 Å². The van der Waals surface area contributed by atoms with E-state index in [-0.39, 0.29) is 0 Å². The Morgan fingerprint density at radius 2 is 1.76 bits per heavy atom. The van der Waals surface area contributed by atoms with Gasteiger partial charge >= 0.3 is 6.18 Å². The summed E-state index contributed by atoms with van der Waals surface area (Å²) in [6, 6.07) is 18.9. The van der Waals surface area contributed by atoms with E-state index in [0.29, 0.717) is 19.1 Å². The van der Waals surface area contributed by atoms with E-state index in [1.165, 1.54) is 17.7 Å². The highest BCUT2D eigenvalue weighted by Crippen LogP contribution is 2.32. The van der Waals surface area contributed by atoms with Crippen molar-refractivity contribution in [3.05, 3.63) is 89.0 Å². The third kappa shape index (κ3) is 4.46. The highest BCUT2D eigenvalue weighted by Gasteiger charge is 2.29. The molecule has 1 unspecified atom stereocenters. The highest BCUT2D eigenvalue weighted by molar-refractivity contribution is 5.64. The summed E-state index contributed by atoms with van der Waals surface area (Å²) in [7, 11) is 0. The van der Waals surface area contributed by atoms with Gasteiger partial charge in [0.25, 0.3) is 0 Å². The second-order valence-electron chi connectivity index (χ2n) is 7.34. The summed E-state index contributed by atoms with van der Waals surface area (Å²) in [6.45, 7) is 3.86. The maximum atomic E-state index is 12.8. The molecule has 1 atom stereocenters. The van der Waals surface area contributed by atoms with Gasteiger partial charge in [0.1, 0.15) is 12.4 Å². The largest absolute Gasteiger partial charge is 0.489 e.